The molecule has 1 aromatic rings. The second-order valence-corrected chi connectivity index (χ2v) is 3.63. The number of rotatable bonds is 7. The molecule has 0 saturated heterocycles. The van der Waals surface area contributed by atoms with Crippen molar-refractivity contribution in [2.24, 2.45) is 5.73 Å². The molecular formula is C13H21NO2. The fourth-order valence-electron chi connectivity index (χ4n) is 1.43. The van der Waals surface area contributed by atoms with Crippen molar-refractivity contribution in [2.45, 2.75) is 26.3 Å². The molecule has 1 aromatic carbocycles. The van der Waals surface area contributed by atoms with Gasteiger partial charge in [-0.1, -0.05) is 19.1 Å². The lowest BCUT2D eigenvalue weighted by Crippen LogP contribution is -2.10. The molecule has 1 unspecified atom stereocenters. The van der Waals surface area contributed by atoms with Gasteiger partial charge in [-0.25, -0.2) is 0 Å². The van der Waals surface area contributed by atoms with Gasteiger partial charge in [0.2, 0.25) is 0 Å². The van der Waals surface area contributed by atoms with Crippen molar-refractivity contribution in [3.63, 3.8) is 0 Å². The van der Waals surface area contributed by atoms with Crippen LogP contribution < -0.4 is 10.5 Å². The summed E-state index contributed by atoms with van der Waals surface area (Å²) < 4.78 is 10.8. The number of hydrogen-bond acceptors (Lipinski definition) is 3. The topological polar surface area (TPSA) is 44.5 Å². The fourth-order valence-corrected chi connectivity index (χ4v) is 1.43. The van der Waals surface area contributed by atoms with Crippen molar-refractivity contribution in [1.29, 1.82) is 0 Å². The number of benzene rings is 1. The molecule has 0 fully saturated rings. The molecule has 0 radical (unpaired) electrons. The predicted octanol–water partition coefficient (Wildman–Crippen LogP) is 2.51. The number of ether oxygens (including phenoxy) is 2. The summed E-state index contributed by atoms with van der Waals surface area (Å²) in [7, 11) is 0. The molecule has 0 amide bonds. The van der Waals surface area contributed by atoms with E-state index in [1.54, 1.807) is 0 Å². The van der Waals surface area contributed by atoms with E-state index in [0.29, 0.717) is 13.2 Å². The van der Waals surface area contributed by atoms with E-state index in [9.17, 15) is 0 Å². The van der Waals surface area contributed by atoms with Crippen molar-refractivity contribution >= 4 is 0 Å². The van der Waals surface area contributed by atoms with Gasteiger partial charge in [0.15, 0.2) is 0 Å². The highest BCUT2D eigenvalue weighted by Crippen LogP contribution is 2.19. The van der Waals surface area contributed by atoms with Gasteiger partial charge >= 0.3 is 0 Å². The molecule has 0 saturated carbocycles. The van der Waals surface area contributed by atoms with Crippen LogP contribution in [-0.4, -0.2) is 19.8 Å². The Morgan fingerprint density at radius 3 is 2.75 bits per heavy atom. The quantitative estimate of drug-likeness (QED) is 0.722. The van der Waals surface area contributed by atoms with Crippen LogP contribution in [0.5, 0.6) is 5.75 Å². The second-order valence-electron chi connectivity index (χ2n) is 3.63. The van der Waals surface area contributed by atoms with Crippen LogP contribution in [-0.2, 0) is 4.74 Å². The highest BCUT2D eigenvalue weighted by atomic mass is 16.5. The summed E-state index contributed by atoms with van der Waals surface area (Å²) in [5, 5.41) is 0. The minimum Gasteiger partial charge on any atom is -0.491 e. The zero-order valence-electron chi connectivity index (χ0n) is 10.1. The smallest absolute Gasteiger partial charge is 0.119 e. The molecule has 0 aliphatic carbocycles. The highest BCUT2D eigenvalue weighted by Gasteiger charge is 2.03. The molecule has 0 aliphatic heterocycles. The zero-order chi connectivity index (χ0) is 11.8. The normalized spacial score (nSPS) is 12.4. The molecule has 2 N–H and O–H groups in total. The summed E-state index contributed by atoms with van der Waals surface area (Å²) in [6.07, 6.45) is 0.933. The van der Waals surface area contributed by atoms with Crippen LogP contribution in [0.2, 0.25) is 0 Å². The van der Waals surface area contributed by atoms with Gasteiger partial charge < -0.3 is 15.2 Å². The molecular weight excluding hydrogens is 202 g/mol. The average Bonchev–Trinajstić information content (AvgIpc) is 2.34. The molecule has 1 atom stereocenters. The van der Waals surface area contributed by atoms with Gasteiger partial charge in [-0.15, -0.1) is 0 Å². The minimum atomic E-state index is 0.0930. The summed E-state index contributed by atoms with van der Waals surface area (Å²) in [6, 6.07) is 8.04. The highest BCUT2D eigenvalue weighted by molar-refractivity contribution is 5.30. The van der Waals surface area contributed by atoms with Gasteiger partial charge in [-0.3, -0.25) is 0 Å². The molecule has 0 aliphatic rings. The first-order valence-electron chi connectivity index (χ1n) is 5.84. The third-order valence-electron chi connectivity index (χ3n) is 2.43. The third kappa shape index (κ3) is 4.21. The molecule has 90 valence electrons. The van der Waals surface area contributed by atoms with Crippen LogP contribution in [0.3, 0.4) is 0 Å². The summed E-state index contributed by atoms with van der Waals surface area (Å²) >= 11 is 0. The summed E-state index contributed by atoms with van der Waals surface area (Å²) in [6.45, 7) is 5.98. The largest absolute Gasteiger partial charge is 0.491 e. The predicted molar refractivity (Wildman–Crippen MR) is 65.6 cm³/mol. The van der Waals surface area contributed by atoms with E-state index in [0.717, 1.165) is 24.3 Å². The van der Waals surface area contributed by atoms with Crippen molar-refractivity contribution in [3.05, 3.63) is 29.8 Å². The Morgan fingerprint density at radius 1 is 1.25 bits per heavy atom. The lowest BCUT2D eigenvalue weighted by Gasteiger charge is -2.11. The van der Waals surface area contributed by atoms with Crippen LogP contribution in [0.4, 0.5) is 0 Å². The Morgan fingerprint density at radius 2 is 2.06 bits per heavy atom. The first kappa shape index (κ1) is 13.0. The Hall–Kier alpha value is -1.06. The molecule has 16 heavy (non-hydrogen) atoms. The van der Waals surface area contributed by atoms with Crippen LogP contribution in [0.15, 0.2) is 24.3 Å². The van der Waals surface area contributed by atoms with Gasteiger partial charge in [0.05, 0.1) is 6.61 Å². The molecule has 3 heteroatoms. The molecule has 1 rings (SSSR count). The Kier molecular flexibility index (Phi) is 5.90. The maximum Gasteiger partial charge on any atom is 0.119 e. The Labute approximate surface area is 97.6 Å². The van der Waals surface area contributed by atoms with E-state index in [2.05, 4.69) is 6.92 Å². The number of hydrogen-bond donors (Lipinski definition) is 1. The van der Waals surface area contributed by atoms with E-state index >= 15 is 0 Å². The van der Waals surface area contributed by atoms with E-state index in [1.807, 2.05) is 31.2 Å². The van der Waals surface area contributed by atoms with E-state index < -0.39 is 0 Å². The molecule has 0 bridgehead atoms. The van der Waals surface area contributed by atoms with E-state index in [-0.39, 0.29) is 6.04 Å². The minimum absolute atomic E-state index is 0.0930. The Balaban J connectivity index is 2.47. The van der Waals surface area contributed by atoms with E-state index in [1.165, 1.54) is 0 Å². The second kappa shape index (κ2) is 7.25. The maximum atomic E-state index is 5.96. The first-order valence-corrected chi connectivity index (χ1v) is 5.84. The van der Waals surface area contributed by atoms with Crippen LogP contribution in [0.1, 0.15) is 31.9 Å². The van der Waals surface area contributed by atoms with Crippen LogP contribution in [0, 0.1) is 0 Å². The summed E-state index contributed by atoms with van der Waals surface area (Å²) in [5.41, 5.74) is 7.08. The van der Waals surface area contributed by atoms with Crippen molar-refractivity contribution in [3.8, 4) is 5.75 Å². The first-order chi connectivity index (χ1) is 7.77. The van der Waals surface area contributed by atoms with Crippen molar-refractivity contribution in [1.82, 2.24) is 0 Å². The third-order valence-corrected chi connectivity index (χ3v) is 2.43. The zero-order valence-corrected chi connectivity index (χ0v) is 10.1. The van der Waals surface area contributed by atoms with Gasteiger partial charge in [-0.2, -0.15) is 0 Å². The average molecular weight is 223 g/mol. The van der Waals surface area contributed by atoms with Gasteiger partial charge in [-0.05, 0) is 31.0 Å². The van der Waals surface area contributed by atoms with E-state index in [4.69, 9.17) is 15.2 Å². The maximum absolute atomic E-state index is 5.96. The number of nitrogens with two attached hydrogens (primary N) is 1. The monoisotopic (exact) mass is 223 g/mol. The SMILES string of the molecule is CCOCCOc1cccc(C(N)CC)c1. The molecule has 3 nitrogen and oxygen atoms in total. The molecule has 0 heterocycles. The molecule has 0 spiro atoms. The lowest BCUT2D eigenvalue weighted by atomic mass is 10.1. The lowest BCUT2D eigenvalue weighted by molar-refractivity contribution is 0.110. The summed E-state index contributed by atoms with van der Waals surface area (Å²) in [4.78, 5) is 0. The van der Waals surface area contributed by atoms with Crippen molar-refractivity contribution in [2.75, 3.05) is 19.8 Å². The molecule has 0 aromatic heterocycles. The van der Waals surface area contributed by atoms with Gasteiger partial charge in [0.25, 0.3) is 0 Å². The fraction of sp³-hybridized carbons (Fsp3) is 0.538. The van der Waals surface area contributed by atoms with Gasteiger partial charge in [0.1, 0.15) is 12.4 Å². The van der Waals surface area contributed by atoms with Crippen LogP contribution in [0.25, 0.3) is 0 Å². The standard InChI is InChI=1S/C13H21NO2/c1-3-13(14)11-6-5-7-12(10-11)16-9-8-15-4-2/h5-7,10,13H,3-4,8-9,14H2,1-2H3. The summed E-state index contributed by atoms with van der Waals surface area (Å²) in [5.74, 6) is 0.862. The van der Waals surface area contributed by atoms with Crippen LogP contribution >= 0.6 is 0 Å². The van der Waals surface area contributed by atoms with Gasteiger partial charge in [0, 0.05) is 12.6 Å². The Bertz CT molecular complexity index is 302. The van der Waals surface area contributed by atoms with Crippen molar-refractivity contribution < 1.29 is 9.47 Å².